The van der Waals surface area contributed by atoms with Crippen molar-refractivity contribution in [2.45, 2.75) is 50.5 Å². The minimum Gasteiger partial charge on any atom is -0.385 e. The molecule has 20 heavy (non-hydrogen) atoms. The number of fused-ring (bicyclic) bond motifs is 1. The van der Waals surface area contributed by atoms with E-state index in [9.17, 15) is 8.42 Å². The molecule has 112 valence electrons. The Hall–Kier alpha value is -1.07. The van der Waals surface area contributed by atoms with Gasteiger partial charge in [-0.3, -0.25) is 0 Å². The van der Waals surface area contributed by atoms with Gasteiger partial charge >= 0.3 is 0 Å². The molecular weight excluding hydrogens is 272 g/mol. The number of rotatable bonds is 4. The van der Waals surface area contributed by atoms with Gasteiger partial charge in [0.05, 0.1) is 4.90 Å². The fourth-order valence-electron chi connectivity index (χ4n) is 2.31. The van der Waals surface area contributed by atoms with Crippen molar-refractivity contribution in [3.05, 3.63) is 23.8 Å². The minimum atomic E-state index is -3.45. The average Bonchev–Trinajstić information content (AvgIpc) is 2.45. The molecule has 0 fully saturated rings. The fraction of sp³-hybridized carbons (Fsp3) is 0.600. The zero-order valence-electron chi connectivity index (χ0n) is 12.7. The Balaban J connectivity index is 2.40. The van der Waals surface area contributed by atoms with E-state index in [1.54, 1.807) is 19.2 Å². The van der Waals surface area contributed by atoms with Crippen LogP contribution in [0.5, 0.6) is 0 Å². The maximum atomic E-state index is 12.7. The maximum Gasteiger partial charge on any atom is 0.243 e. The van der Waals surface area contributed by atoms with Gasteiger partial charge in [0, 0.05) is 24.8 Å². The number of benzene rings is 1. The van der Waals surface area contributed by atoms with Crippen LogP contribution >= 0.6 is 0 Å². The topological polar surface area (TPSA) is 49.4 Å². The Labute approximate surface area is 122 Å². The maximum absolute atomic E-state index is 12.7. The number of aryl methyl sites for hydroxylation is 1. The minimum absolute atomic E-state index is 0.370. The predicted octanol–water partition coefficient (Wildman–Crippen LogP) is 2.85. The second-order valence-electron chi connectivity index (χ2n) is 5.99. The van der Waals surface area contributed by atoms with Gasteiger partial charge in [-0.05, 0) is 50.8 Å². The van der Waals surface area contributed by atoms with Gasteiger partial charge in [0.2, 0.25) is 10.0 Å². The van der Waals surface area contributed by atoms with Gasteiger partial charge in [-0.25, -0.2) is 8.42 Å². The summed E-state index contributed by atoms with van der Waals surface area (Å²) in [5, 5.41) is 3.28. The van der Waals surface area contributed by atoms with Crippen molar-refractivity contribution < 1.29 is 8.42 Å². The Morgan fingerprint density at radius 2 is 2.05 bits per heavy atom. The van der Waals surface area contributed by atoms with Gasteiger partial charge in [0.25, 0.3) is 0 Å². The first-order valence-electron chi connectivity index (χ1n) is 7.15. The normalized spacial score (nSPS) is 15.8. The number of anilines is 1. The number of nitrogens with one attached hydrogen (secondary N) is 1. The van der Waals surface area contributed by atoms with E-state index in [-0.39, 0.29) is 5.54 Å². The van der Waals surface area contributed by atoms with Gasteiger partial charge < -0.3 is 5.32 Å². The molecule has 1 aliphatic heterocycles. The highest BCUT2D eigenvalue weighted by molar-refractivity contribution is 7.89. The lowest BCUT2D eigenvalue weighted by Gasteiger charge is -2.34. The lowest BCUT2D eigenvalue weighted by Crippen LogP contribution is -2.44. The fourth-order valence-corrected chi connectivity index (χ4v) is 3.91. The van der Waals surface area contributed by atoms with Gasteiger partial charge in [-0.2, -0.15) is 4.31 Å². The third kappa shape index (κ3) is 2.69. The Kier molecular flexibility index (Phi) is 4.12. The van der Waals surface area contributed by atoms with E-state index >= 15 is 0 Å². The van der Waals surface area contributed by atoms with Crippen molar-refractivity contribution in [2.24, 2.45) is 0 Å². The highest BCUT2D eigenvalue weighted by Crippen LogP contribution is 2.29. The van der Waals surface area contributed by atoms with Crippen molar-refractivity contribution in [1.82, 2.24) is 4.31 Å². The van der Waals surface area contributed by atoms with Gasteiger partial charge in [-0.1, -0.05) is 13.0 Å². The molecule has 4 nitrogen and oxygen atoms in total. The van der Waals surface area contributed by atoms with Crippen molar-refractivity contribution in [3.8, 4) is 0 Å². The van der Waals surface area contributed by atoms with E-state index < -0.39 is 10.0 Å². The van der Waals surface area contributed by atoms with E-state index in [4.69, 9.17) is 0 Å². The Morgan fingerprint density at radius 3 is 2.70 bits per heavy atom. The molecular formula is C15H24N2O2S. The smallest absolute Gasteiger partial charge is 0.243 e. The summed E-state index contributed by atoms with van der Waals surface area (Å²) in [5.74, 6) is 0. The molecule has 0 atom stereocenters. The van der Waals surface area contributed by atoms with Crippen LogP contribution in [-0.4, -0.2) is 31.9 Å². The standard InChI is InChI=1S/C15H24N2O2S/c1-5-15(2,3)17(4)20(18,19)13-9-8-12-7-6-10-16-14(12)11-13/h8-9,11,16H,5-7,10H2,1-4H3. The summed E-state index contributed by atoms with van der Waals surface area (Å²) in [5.41, 5.74) is 1.77. The molecule has 0 bridgehead atoms. The molecule has 1 N–H and O–H groups in total. The van der Waals surface area contributed by atoms with E-state index in [1.165, 1.54) is 9.87 Å². The van der Waals surface area contributed by atoms with Gasteiger partial charge in [0.1, 0.15) is 0 Å². The molecule has 0 spiro atoms. The number of hydrogen-bond acceptors (Lipinski definition) is 3. The first-order valence-corrected chi connectivity index (χ1v) is 8.59. The summed E-state index contributed by atoms with van der Waals surface area (Å²) in [6.45, 7) is 6.80. The molecule has 0 saturated heterocycles. The van der Waals surface area contributed by atoms with E-state index in [0.29, 0.717) is 4.90 Å². The van der Waals surface area contributed by atoms with E-state index in [1.807, 2.05) is 26.8 Å². The summed E-state index contributed by atoms with van der Waals surface area (Å²) in [6, 6.07) is 5.43. The third-order valence-electron chi connectivity index (χ3n) is 4.40. The molecule has 0 aromatic heterocycles. The molecule has 5 heteroatoms. The largest absolute Gasteiger partial charge is 0.385 e. The molecule has 0 amide bonds. The second-order valence-corrected chi connectivity index (χ2v) is 7.96. The zero-order chi connectivity index (χ0) is 15.0. The summed E-state index contributed by atoms with van der Waals surface area (Å²) in [4.78, 5) is 0.370. The van der Waals surface area contributed by atoms with Crippen LogP contribution in [0.4, 0.5) is 5.69 Å². The van der Waals surface area contributed by atoms with E-state index in [2.05, 4.69) is 5.32 Å². The van der Waals surface area contributed by atoms with Crippen molar-refractivity contribution in [3.63, 3.8) is 0 Å². The second kappa shape index (κ2) is 5.37. The Morgan fingerprint density at radius 1 is 1.35 bits per heavy atom. The SMILES string of the molecule is CCC(C)(C)N(C)S(=O)(=O)c1ccc2c(c1)NCCC2. The van der Waals surface area contributed by atoms with Crippen LogP contribution in [0.1, 0.15) is 39.2 Å². The zero-order valence-corrected chi connectivity index (χ0v) is 13.5. The molecule has 0 radical (unpaired) electrons. The van der Waals surface area contributed by atoms with Crippen LogP contribution in [-0.2, 0) is 16.4 Å². The molecule has 2 rings (SSSR count). The molecule has 0 unspecified atom stereocenters. The highest BCUT2D eigenvalue weighted by atomic mass is 32.2. The summed E-state index contributed by atoms with van der Waals surface area (Å²) in [6.07, 6.45) is 2.88. The molecule has 1 aromatic carbocycles. The van der Waals surface area contributed by atoms with Crippen LogP contribution in [0.15, 0.2) is 23.1 Å². The van der Waals surface area contributed by atoms with Crippen LogP contribution < -0.4 is 5.32 Å². The molecule has 1 heterocycles. The monoisotopic (exact) mass is 296 g/mol. The van der Waals surface area contributed by atoms with Crippen molar-refractivity contribution in [2.75, 3.05) is 18.9 Å². The molecule has 0 aliphatic carbocycles. The molecule has 0 saturated carbocycles. The number of sulfonamides is 1. The van der Waals surface area contributed by atoms with Crippen molar-refractivity contribution in [1.29, 1.82) is 0 Å². The average molecular weight is 296 g/mol. The van der Waals surface area contributed by atoms with Gasteiger partial charge in [0.15, 0.2) is 0 Å². The molecule has 1 aromatic rings. The van der Waals surface area contributed by atoms with Crippen LogP contribution in [0.3, 0.4) is 0 Å². The lowest BCUT2D eigenvalue weighted by molar-refractivity contribution is 0.257. The third-order valence-corrected chi connectivity index (χ3v) is 6.46. The number of nitrogens with zero attached hydrogens (tertiary/aromatic N) is 1. The molecule has 1 aliphatic rings. The van der Waals surface area contributed by atoms with Gasteiger partial charge in [-0.15, -0.1) is 0 Å². The quantitative estimate of drug-likeness (QED) is 0.929. The summed E-state index contributed by atoms with van der Waals surface area (Å²) < 4.78 is 26.9. The van der Waals surface area contributed by atoms with Crippen molar-refractivity contribution >= 4 is 15.7 Å². The van der Waals surface area contributed by atoms with E-state index in [0.717, 1.165) is 31.5 Å². The number of hydrogen-bond donors (Lipinski definition) is 1. The van der Waals surface area contributed by atoms with Crippen LogP contribution in [0.25, 0.3) is 0 Å². The van der Waals surface area contributed by atoms with Crippen LogP contribution in [0.2, 0.25) is 0 Å². The highest BCUT2D eigenvalue weighted by Gasteiger charge is 2.33. The van der Waals surface area contributed by atoms with Crippen LogP contribution in [0, 0.1) is 0 Å². The lowest BCUT2D eigenvalue weighted by atomic mass is 10.0. The summed E-state index contributed by atoms with van der Waals surface area (Å²) in [7, 11) is -1.79. The Bertz CT molecular complexity index is 594. The summed E-state index contributed by atoms with van der Waals surface area (Å²) >= 11 is 0. The predicted molar refractivity (Wildman–Crippen MR) is 82.6 cm³/mol. The first-order chi connectivity index (χ1) is 9.29. The first kappa shape index (κ1) is 15.3.